The highest BCUT2D eigenvalue weighted by Gasteiger charge is 2.19. The number of rotatable bonds is 2. The molecule has 1 heterocycles. The lowest BCUT2D eigenvalue weighted by Crippen LogP contribution is -2.41. The molecular formula is C13H17NOS. The van der Waals surface area contributed by atoms with E-state index in [9.17, 15) is 0 Å². The van der Waals surface area contributed by atoms with Crippen molar-refractivity contribution in [3.63, 3.8) is 0 Å². The van der Waals surface area contributed by atoms with Crippen LogP contribution in [0.2, 0.25) is 0 Å². The fourth-order valence-corrected chi connectivity index (χ4v) is 2.26. The fraction of sp³-hybridized carbons (Fsp3) is 0.462. The third-order valence-electron chi connectivity index (χ3n) is 2.99. The predicted octanol–water partition coefficient (Wildman–Crippen LogP) is 2.45. The molecule has 2 nitrogen and oxygen atoms in total. The molecule has 1 atom stereocenters. The summed E-state index contributed by atoms with van der Waals surface area (Å²) in [6.07, 6.45) is 0. The summed E-state index contributed by atoms with van der Waals surface area (Å²) in [6, 6.07) is 10.4. The van der Waals surface area contributed by atoms with Crippen LogP contribution in [0.1, 0.15) is 18.4 Å². The summed E-state index contributed by atoms with van der Waals surface area (Å²) in [5.74, 6) is 0.314. The van der Waals surface area contributed by atoms with Gasteiger partial charge in [0.15, 0.2) is 0 Å². The van der Waals surface area contributed by atoms with Gasteiger partial charge in [-0.1, -0.05) is 49.5 Å². The molecule has 2 rings (SSSR count). The lowest BCUT2D eigenvalue weighted by Gasteiger charge is -2.32. The van der Waals surface area contributed by atoms with Crippen LogP contribution in [0.3, 0.4) is 0 Å². The van der Waals surface area contributed by atoms with Crippen LogP contribution in [-0.4, -0.2) is 36.2 Å². The number of hydrogen-bond acceptors (Lipinski definition) is 2. The summed E-state index contributed by atoms with van der Waals surface area (Å²) in [5.41, 5.74) is 1.29. The zero-order valence-corrected chi connectivity index (χ0v) is 10.4. The Hall–Kier alpha value is -0.930. The number of ether oxygens (including phenoxy) is 1. The van der Waals surface area contributed by atoms with Gasteiger partial charge in [-0.3, -0.25) is 0 Å². The normalized spacial score (nSPS) is 18.2. The average Bonchev–Trinajstić information content (AvgIpc) is 2.39. The summed E-state index contributed by atoms with van der Waals surface area (Å²) < 4.78 is 5.33. The van der Waals surface area contributed by atoms with Crippen molar-refractivity contribution < 1.29 is 4.74 Å². The first-order valence-corrected chi connectivity index (χ1v) is 6.11. The molecule has 1 aromatic carbocycles. The summed E-state index contributed by atoms with van der Waals surface area (Å²) in [4.78, 5) is 3.30. The molecule has 0 saturated carbocycles. The molecule has 0 aliphatic carbocycles. The fourth-order valence-electron chi connectivity index (χ4n) is 1.94. The molecule has 1 saturated heterocycles. The third-order valence-corrected chi connectivity index (χ3v) is 3.60. The van der Waals surface area contributed by atoms with Crippen molar-refractivity contribution in [1.29, 1.82) is 0 Å². The molecular weight excluding hydrogens is 218 g/mol. The first kappa shape index (κ1) is 11.6. The summed E-state index contributed by atoms with van der Waals surface area (Å²) in [7, 11) is 0. The van der Waals surface area contributed by atoms with Crippen molar-refractivity contribution >= 4 is 17.2 Å². The SMILES string of the molecule is CC(C(=S)N1CCOCC1)c1ccccc1. The maximum Gasteiger partial charge on any atom is 0.0853 e. The van der Waals surface area contributed by atoms with Gasteiger partial charge in [0.05, 0.1) is 18.2 Å². The number of benzene rings is 1. The van der Waals surface area contributed by atoms with Crippen LogP contribution in [0.15, 0.2) is 30.3 Å². The van der Waals surface area contributed by atoms with Crippen molar-refractivity contribution in [2.24, 2.45) is 0 Å². The minimum atomic E-state index is 0.314. The van der Waals surface area contributed by atoms with E-state index in [2.05, 4.69) is 36.1 Å². The van der Waals surface area contributed by atoms with Crippen molar-refractivity contribution in [2.75, 3.05) is 26.3 Å². The number of morpholine rings is 1. The van der Waals surface area contributed by atoms with Crippen molar-refractivity contribution in [1.82, 2.24) is 4.90 Å². The molecule has 1 aliphatic heterocycles. The molecule has 0 spiro atoms. The summed E-state index contributed by atoms with van der Waals surface area (Å²) >= 11 is 5.55. The summed E-state index contributed by atoms with van der Waals surface area (Å²) in [6.45, 7) is 5.61. The van der Waals surface area contributed by atoms with Gasteiger partial charge in [-0.25, -0.2) is 0 Å². The van der Waals surface area contributed by atoms with Gasteiger partial charge in [0.25, 0.3) is 0 Å². The lowest BCUT2D eigenvalue weighted by atomic mass is 10.0. The second-order valence-corrected chi connectivity index (χ2v) is 4.49. The topological polar surface area (TPSA) is 12.5 Å². The van der Waals surface area contributed by atoms with Crippen LogP contribution >= 0.6 is 12.2 Å². The van der Waals surface area contributed by atoms with Crippen molar-refractivity contribution in [3.8, 4) is 0 Å². The van der Waals surface area contributed by atoms with E-state index >= 15 is 0 Å². The second kappa shape index (κ2) is 5.41. The highest BCUT2D eigenvalue weighted by molar-refractivity contribution is 7.80. The van der Waals surface area contributed by atoms with Gasteiger partial charge in [-0.05, 0) is 5.56 Å². The van der Waals surface area contributed by atoms with Crippen molar-refractivity contribution in [2.45, 2.75) is 12.8 Å². The molecule has 0 aromatic heterocycles. The Balaban J connectivity index is 2.04. The van der Waals surface area contributed by atoms with Gasteiger partial charge in [0.1, 0.15) is 0 Å². The Morgan fingerprint density at radius 1 is 1.25 bits per heavy atom. The van der Waals surface area contributed by atoms with Gasteiger partial charge in [-0.15, -0.1) is 0 Å². The molecule has 1 unspecified atom stereocenters. The Labute approximate surface area is 102 Å². The molecule has 1 aromatic rings. The number of thiocarbonyl (C=S) groups is 1. The van der Waals surface area contributed by atoms with E-state index < -0.39 is 0 Å². The zero-order chi connectivity index (χ0) is 11.4. The molecule has 3 heteroatoms. The molecule has 16 heavy (non-hydrogen) atoms. The van der Waals surface area contributed by atoms with Crippen LogP contribution in [0.25, 0.3) is 0 Å². The first-order chi connectivity index (χ1) is 7.79. The quantitative estimate of drug-likeness (QED) is 0.731. The Morgan fingerprint density at radius 2 is 1.88 bits per heavy atom. The molecule has 0 N–H and O–H groups in total. The van der Waals surface area contributed by atoms with E-state index in [1.165, 1.54) is 5.56 Å². The highest BCUT2D eigenvalue weighted by atomic mass is 32.1. The molecule has 0 bridgehead atoms. The first-order valence-electron chi connectivity index (χ1n) is 5.70. The van der Waals surface area contributed by atoms with Crippen molar-refractivity contribution in [3.05, 3.63) is 35.9 Å². The summed E-state index contributed by atoms with van der Waals surface area (Å²) in [5, 5.41) is 0. The predicted molar refractivity (Wildman–Crippen MR) is 69.8 cm³/mol. The molecule has 0 radical (unpaired) electrons. The Bertz CT molecular complexity index is 346. The van der Waals surface area contributed by atoms with E-state index in [1.807, 2.05) is 6.07 Å². The van der Waals surface area contributed by atoms with E-state index in [0.29, 0.717) is 5.92 Å². The van der Waals surface area contributed by atoms with Gasteiger partial charge in [0, 0.05) is 19.0 Å². The minimum Gasteiger partial charge on any atom is -0.378 e. The molecule has 86 valence electrons. The maximum atomic E-state index is 5.55. The maximum absolute atomic E-state index is 5.55. The lowest BCUT2D eigenvalue weighted by molar-refractivity contribution is 0.0680. The largest absolute Gasteiger partial charge is 0.378 e. The number of hydrogen-bond donors (Lipinski definition) is 0. The molecule has 0 amide bonds. The molecule has 1 aliphatic rings. The van der Waals surface area contributed by atoms with Crippen LogP contribution in [0, 0.1) is 0 Å². The monoisotopic (exact) mass is 235 g/mol. The van der Waals surface area contributed by atoms with Gasteiger partial charge >= 0.3 is 0 Å². The van der Waals surface area contributed by atoms with Crippen LogP contribution < -0.4 is 0 Å². The van der Waals surface area contributed by atoms with Gasteiger partial charge < -0.3 is 9.64 Å². The van der Waals surface area contributed by atoms with E-state index in [-0.39, 0.29) is 0 Å². The Kier molecular flexibility index (Phi) is 3.91. The smallest absolute Gasteiger partial charge is 0.0853 e. The van der Waals surface area contributed by atoms with E-state index in [4.69, 9.17) is 17.0 Å². The van der Waals surface area contributed by atoms with Crippen LogP contribution in [0.5, 0.6) is 0 Å². The second-order valence-electron chi connectivity index (χ2n) is 4.07. The van der Waals surface area contributed by atoms with Crippen LogP contribution in [-0.2, 0) is 4.74 Å². The van der Waals surface area contributed by atoms with Gasteiger partial charge in [-0.2, -0.15) is 0 Å². The van der Waals surface area contributed by atoms with E-state index in [1.54, 1.807) is 0 Å². The van der Waals surface area contributed by atoms with E-state index in [0.717, 1.165) is 31.3 Å². The third kappa shape index (κ3) is 2.60. The Morgan fingerprint density at radius 3 is 2.50 bits per heavy atom. The zero-order valence-electron chi connectivity index (χ0n) is 9.56. The standard InChI is InChI=1S/C13H17NOS/c1-11(12-5-3-2-4-6-12)13(16)14-7-9-15-10-8-14/h2-6,11H,7-10H2,1H3. The highest BCUT2D eigenvalue weighted by Crippen LogP contribution is 2.19. The van der Waals surface area contributed by atoms with Crippen LogP contribution in [0.4, 0.5) is 0 Å². The average molecular weight is 235 g/mol. The number of nitrogens with zero attached hydrogens (tertiary/aromatic N) is 1. The minimum absolute atomic E-state index is 0.314. The van der Waals surface area contributed by atoms with Gasteiger partial charge in [0.2, 0.25) is 0 Å². The molecule has 1 fully saturated rings.